The van der Waals surface area contributed by atoms with Crippen molar-refractivity contribution in [2.45, 2.75) is 17.6 Å². The van der Waals surface area contributed by atoms with Crippen molar-refractivity contribution in [2.75, 3.05) is 0 Å². The van der Waals surface area contributed by atoms with E-state index in [0.717, 1.165) is 5.56 Å². The first-order valence-electron chi connectivity index (χ1n) is 4.25. The van der Waals surface area contributed by atoms with Gasteiger partial charge in [-0.05, 0) is 24.1 Å². The highest BCUT2D eigenvalue weighted by Crippen LogP contribution is 2.45. The molecule has 1 fully saturated rings. The normalized spacial score (nSPS) is 26.1. The molecule has 0 bridgehead atoms. The van der Waals surface area contributed by atoms with E-state index in [2.05, 4.69) is 0 Å². The minimum absolute atomic E-state index is 0.0312. The van der Waals surface area contributed by atoms with Gasteiger partial charge in [-0.1, -0.05) is 23.7 Å². The van der Waals surface area contributed by atoms with Crippen LogP contribution in [0.5, 0.6) is 0 Å². The van der Waals surface area contributed by atoms with Crippen molar-refractivity contribution in [1.82, 2.24) is 0 Å². The summed E-state index contributed by atoms with van der Waals surface area (Å²) in [5, 5.41) is 5.26. The molecule has 1 aliphatic rings. The van der Waals surface area contributed by atoms with E-state index in [0.29, 0.717) is 11.4 Å². The van der Waals surface area contributed by atoms with Crippen LogP contribution < -0.4 is 5.14 Å². The van der Waals surface area contributed by atoms with Crippen LogP contribution >= 0.6 is 11.6 Å². The summed E-state index contributed by atoms with van der Waals surface area (Å²) in [6.07, 6.45) is 0.610. The number of rotatable bonds is 2. The average Bonchev–Trinajstić information content (AvgIpc) is 2.81. The molecule has 0 aromatic heterocycles. The van der Waals surface area contributed by atoms with Gasteiger partial charge in [0.15, 0.2) is 0 Å². The van der Waals surface area contributed by atoms with Crippen LogP contribution in [0, 0.1) is 0 Å². The molecule has 1 aromatic rings. The van der Waals surface area contributed by atoms with Crippen LogP contribution in [0.1, 0.15) is 17.9 Å². The molecule has 0 heterocycles. The monoisotopic (exact) mass is 231 g/mol. The Balaban J connectivity index is 2.22. The number of hydrogen-bond acceptors (Lipinski definition) is 2. The van der Waals surface area contributed by atoms with Gasteiger partial charge in [0.1, 0.15) is 0 Å². The van der Waals surface area contributed by atoms with Crippen LogP contribution in [-0.4, -0.2) is 13.7 Å². The summed E-state index contributed by atoms with van der Waals surface area (Å²) in [6, 6.07) is 7.24. The molecule has 1 saturated carbocycles. The maximum atomic E-state index is 11.0. The Labute approximate surface area is 87.9 Å². The van der Waals surface area contributed by atoms with Crippen LogP contribution in [0.3, 0.4) is 0 Å². The average molecular weight is 232 g/mol. The van der Waals surface area contributed by atoms with Gasteiger partial charge in [-0.15, -0.1) is 0 Å². The highest BCUT2D eigenvalue weighted by Gasteiger charge is 2.46. The van der Waals surface area contributed by atoms with E-state index in [-0.39, 0.29) is 5.92 Å². The molecule has 76 valence electrons. The molecule has 1 aliphatic carbocycles. The van der Waals surface area contributed by atoms with Crippen LogP contribution in [0.2, 0.25) is 5.02 Å². The van der Waals surface area contributed by atoms with Gasteiger partial charge in [-0.25, -0.2) is 13.6 Å². The standard InChI is InChI=1S/C9H10ClNO2S/c10-7-3-1-2-6(4-7)8-5-9(8)14(11,12)13/h1-4,8-9H,5H2,(H2,11,12,13)/t8-,9+/m0/s1. The van der Waals surface area contributed by atoms with E-state index in [1.54, 1.807) is 12.1 Å². The summed E-state index contributed by atoms with van der Waals surface area (Å²) in [6.45, 7) is 0. The molecule has 14 heavy (non-hydrogen) atoms. The predicted octanol–water partition coefficient (Wildman–Crippen LogP) is 1.48. The SMILES string of the molecule is NS(=O)(=O)[C@@H]1C[C@H]1c1cccc(Cl)c1. The maximum absolute atomic E-state index is 11.0. The lowest BCUT2D eigenvalue weighted by Crippen LogP contribution is -2.18. The topological polar surface area (TPSA) is 60.2 Å². The van der Waals surface area contributed by atoms with Crippen LogP contribution in [0.15, 0.2) is 24.3 Å². The summed E-state index contributed by atoms with van der Waals surface area (Å²) >= 11 is 5.80. The Hall–Kier alpha value is -0.580. The van der Waals surface area contributed by atoms with Gasteiger partial charge in [0.2, 0.25) is 10.0 Å². The third kappa shape index (κ3) is 1.92. The van der Waals surface area contributed by atoms with Crippen molar-refractivity contribution in [3.05, 3.63) is 34.9 Å². The fourth-order valence-corrected chi connectivity index (χ4v) is 2.91. The molecular weight excluding hydrogens is 222 g/mol. The molecule has 0 saturated heterocycles. The van der Waals surface area contributed by atoms with Gasteiger partial charge in [0.05, 0.1) is 5.25 Å². The second-order valence-corrected chi connectivity index (χ2v) is 5.74. The number of nitrogens with two attached hydrogens (primary N) is 1. The third-order valence-corrected chi connectivity index (χ3v) is 4.03. The van der Waals surface area contributed by atoms with Crippen molar-refractivity contribution in [3.8, 4) is 0 Å². The first-order chi connectivity index (χ1) is 6.48. The quantitative estimate of drug-likeness (QED) is 0.838. The van der Waals surface area contributed by atoms with Gasteiger partial charge in [-0.2, -0.15) is 0 Å². The van der Waals surface area contributed by atoms with Crippen molar-refractivity contribution >= 4 is 21.6 Å². The van der Waals surface area contributed by atoms with Gasteiger partial charge in [0, 0.05) is 10.9 Å². The predicted molar refractivity (Wildman–Crippen MR) is 55.7 cm³/mol. The largest absolute Gasteiger partial charge is 0.228 e. The second-order valence-electron chi connectivity index (χ2n) is 3.52. The maximum Gasteiger partial charge on any atom is 0.212 e. The van der Waals surface area contributed by atoms with Gasteiger partial charge in [0.25, 0.3) is 0 Å². The Bertz CT molecular complexity index is 458. The molecule has 2 atom stereocenters. The van der Waals surface area contributed by atoms with Gasteiger partial charge >= 0.3 is 0 Å². The molecular formula is C9H10ClNO2S. The van der Waals surface area contributed by atoms with Crippen molar-refractivity contribution in [2.24, 2.45) is 5.14 Å². The van der Waals surface area contributed by atoms with Crippen LogP contribution in [0.25, 0.3) is 0 Å². The number of halogens is 1. The van der Waals surface area contributed by atoms with Crippen molar-refractivity contribution < 1.29 is 8.42 Å². The Kier molecular flexibility index (Phi) is 2.29. The zero-order valence-electron chi connectivity index (χ0n) is 7.35. The minimum atomic E-state index is -3.38. The van der Waals surface area contributed by atoms with E-state index in [1.807, 2.05) is 12.1 Å². The molecule has 0 amide bonds. The van der Waals surface area contributed by atoms with Gasteiger partial charge < -0.3 is 0 Å². The molecule has 1 aromatic carbocycles. The number of sulfonamides is 1. The van der Waals surface area contributed by atoms with Crippen LogP contribution in [0.4, 0.5) is 0 Å². The lowest BCUT2D eigenvalue weighted by atomic mass is 10.1. The molecule has 5 heteroatoms. The highest BCUT2D eigenvalue weighted by molar-refractivity contribution is 7.90. The molecule has 0 unspecified atom stereocenters. The lowest BCUT2D eigenvalue weighted by molar-refractivity contribution is 0.595. The van der Waals surface area contributed by atoms with Crippen molar-refractivity contribution in [1.29, 1.82) is 0 Å². The molecule has 0 spiro atoms. The zero-order valence-corrected chi connectivity index (χ0v) is 8.92. The summed E-state index contributed by atoms with van der Waals surface area (Å²) in [5.41, 5.74) is 0.955. The first-order valence-corrected chi connectivity index (χ1v) is 6.24. The van der Waals surface area contributed by atoms with E-state index in [1.165, 1.54) is 0 Å². The fourth-order valence-electron chi connectivity index (χ4n) is 1.62. The fraction of sp³-hybridized carbons (Fsp3) is 0.333. The highest BCUT2D eigenvalue weighted by atomic mass is 35.5. The number of primary sulfonamides is 1. The van der Waals surface area contributed by atoms with Crippen molar-refractivity contribution in [3.63, 3.8) is 0 Å². The summed E-state index contributed by atoms with van der Waals surface area (Å²) in [7, 11) is -3.38. The van der Waals surface area contributed by atoms with E-state index < -0.39 is 15.3 Å². The smallest absolute Gasteiger partial charge is 0.212 e. The van der Waals surface area contributed by atoms with E-state index in [4.69, 9.17) is 16.7 Å². The molecule has 0 radical (unpaired) electrons. The van der Waals surface area contributed by atoms with E-state index >= 15 is 0 Å². The molecule has 3 nitrogen and oxygen atoms in total. The molecule has 0 aliphatic heterocycles. The Morgan fingerprint density at radius 2 is 2.14 bits per heavy atom. The number of hydrogen-bond donors (Lipinski definition) is 1. The minimum Gasteiger partial charge on any atom is -0.228 e. The van der Waals surface area contributed by atoms with Crippen LogP contribution in [-0.2, 0) is 10.0 Å². The molecule has 2 N–H and O–H groups in total. The Morgan fingerprint density at radius 1 is 1.43 bits per heavy atom. The van der Waals surface area contributed by atoms with E-state index in [9.17, 15) is 8.42 Å². The summed E-state index contributed by atoms with van der Waals surface area (Å²) in [5.74, 6) is 0.0312. The third-order valence-electron chi connectivity index (χ3n) is 2.43. The second kappa shape index (κ2) is 3.22. The summed E-state index contributed by atoms with van der Waals surface area (Å²) < 4.78 is 22.0. The Morgan fingerprint density at radius 3 is 2.64 bits per heavy atom. The number of benzene rings is 1. The zero-order chi connectivity index (χ0) is 10.3. The molecule has 2 rings (SSSR count). The van der Waals surface area contributed by atoms with Gasteiger partial charge in [-0.3, -0.25) is 0 Å². The lowest BCUT2D eigenvalue weighted by Gasteiger charge is -1.99. The summed E-state index contributed by atoms with van der Waals surface area (Å²) in [4.78, 5) is 0. The first kappa shape index (κ1) is 9.96.